The quantitative estimate of drug-likeness (QED) is 0.541. The molecule has 0 aromatic heterocycles. The van der Waals surface area contributed by atoms with Crippen LogP contribution in [-0.4, -0.2) is 12.6 Å². The topological polar surface area (TPSA) is 12.0 Å². The summed E-state index contributed by atoms with van der Waals surface area (Å²) in [5.41, 5.74) is 0. The van der Waals surface area contributed by atoms with Gasteiger partial charge in [0.15, 0.2) is 0 Å². The van der Waals surface area contributed by atoms with Crippen LogP contribution in [0.4, 0.5) is 4.39 Å². The number of hydrogen-bond donors (Lipinski definition) is 1. The van der Waals surface area contributed by atoms with Gasteiger partial charge in [0.25, 0.3) is 0 Å². The summed E-state index contributed by atoms with van der Waals surface area (Å²) in [4.78, 5) is 0. The summed E-state index contributed by atoms with van der Waals surface area (Å²) < 4.78 is 12.1. The summed E-state index contributed by atoms with van der Waals surface area (Å²) in [5, 5.41) is 2.98. The van der Waals surface area contributed by atoms with Crippen molar-refractivity contribution in [1.82, 2.24) is 5.32 Å². The SMILES string of the molecule is C=C(F)C1CCCN1. The van der Waals surface area contributed by atoms with Crippen molar-refractivity contribution >= 4 is 0 Å². The first-order valence-corrected chi connectivity index (χ1v) is 2.88. The molecule has 1 nitrogen and oxygen atoms in total. The Morgan fingerprint density at radius 3 is 2.75 bits per heavy atom. The largest absolute Gasteiger partial charge is 0.308 e. The van der Waals surface area contributed by atoms with Crippen LogP contribution in [0, 0.1) is 0 Å². The monoisotopic (exact) mass is 115 g/mol. The average Bonchev–Trinajstić information content (AvgIpc) is 2.12. The second-order valence-corrected chi connectivity index (χ2v) is 2.10. The standard InChI is InChI=1S/C6H10FN/c1-5(7)6-3-2-4-8-6/h6,8H,1-4H2. The Labute approximate surface area is 48.6 Å². The van der Waals surface area contributed by atoms with Gasteiger partial charge in [-0.2, -0.15) is 0 Å². The van der Waals surface area contributed by atoms with Crippen molar-refractivity contribution in [2.75, 3.05) is 6.54 Å². The normalized spacial score (nSPS) is 28.4. The molecule has 1 N–H and O–H groups in total. The van der Waals surface area contributed by atoms with Crippen LogP contribution >= 0.6 is 0 Å². The molecule has 1 heterocycles. The predicted octanol–water partition coefficient (Wildman–Crippen LogP) is 1.22. The van der Waals surface area contributed by atoms with E-state index in [9.17, 15) is 4.39 Å². The molecule has 0 saturated carbocycles. The maximum atomic E-state index is 12.1. The highest BCUT2D eigenvalue weighted by atomic mass is 19.1. The summed E-state index contributed by atoms with van der Waals surface area (Å²) in [5.74, 6) is -0.220. The lowest BCUT2D eigenvalue weighted by Crippen LogP contribution is -2.20. The zero-order valence-electron chi connectivity index (χ0n) is 4.78. The first-order chi connectivity index (χ1) is 3.80. The van der Waals surface area contributed by atoms with Crippen molar-refractivity contribution in [3.05, 3.63) is 12.4 Å². The lowest BCUT2D eigenvalue weighted by atomic mass is 10.2. The van der Waals surface area contributed by atoms with E-state index in [2.05, 4.69) is 11.9 Å². The highest BCUT2D eigenvalue weighted by Gasteiger charge is 2.15. The highest BCUT2D eigenvalue weighted by molar-refractivity contribution is 4.97. The van der Waals surface area contributed by atoms with Gasteiger partial charge in [-0.3, -0.25) is 0 Å². The fraction of sp³-hybridized carbons (Fsp3) is 0.667. The molecule has 1 aliphatic heterocycles. The molecule has 0 bridgehead atoms. The van der Waals surface area contributed by atoms with Crippen LogP contribution < -0.4 is 5.32 Å². The van der Waals surface area contributed by atoms with Crippen LogP contribution in [0.2, 0.25) is 0 Å². The molecule has 1 unspecified atom stereocenters. The molecule has 0 radical (unpaired) electrons. The number of hydrogen-bond acceptors (Lipinski definition) is 1. The molecule has 1 saturated heterocycles. The fourth-order valence-electron chi connectivity index (χ4n) is 0.952. The van der Waals surface area contributed by atoms with Crippen LogP contribution in [0.3, 0.4) is 0 Å². The molecule has 2 heteroatoms. The van der Waals surface area contributed by atoms with Crippen molar-refractivity contribution < 1.29 is 4.39 Å². The van der Waals surface area contributed by atoms with E-state index in [4.69, 9.17) is 0 Å². The lowest BCUT2D eigenvalue weighted by molar-refractivity contribution is 0.514. The summed E-state index contributed by atoms with van der Waals surface area (Å²) in [6, 6.07) is -0.0463. The Morgan fingerprint density at radius 1 is 1.75 bits per heavy atom. The van der Waals surface area contributed by atoms with Gasteiger partial charge in [0.05, 0.1) is 6.04 Å². The molecule has 0 amide bonds. The smallest absolute Gasteiger partial charge is 0.110 e. The first-order valence-electron chi connectivity index (χ1n) is 2.88. The van der Waals surface area contributed by atoms with Gasteiger partial charge < -0.3 is 5.32 Å². The number of rotatable bonds is 1. The van der Waals surface area contributed by atoms with E-state index in [1.165, 1.54) is 0 Å². The van der Waals surface area contributed by atoms with E-state index in [1.807, 2.05) is 0 Å². The van der Waals surface area contributed by atoms with Gasteiger partial charge in [0.2, 0.25) is 0 Å². The highest BCUT2D eigenvalue weighted by Crippen LogP contribution is 2.12. The van der Waals surface area contributed by atoms with Crippen LogP contribution in [0.15, 0.2) is 12.4 Å². The second kappa shape index (κ2) is 2.27. The Bertz CT molecular complexity index is 94.7. The van der Waals surface area contributed by atoms with Gasteiger partial charge >= 0.3 is 0 Å². The van der Waals surface area contributed by atoms with Crippen molar-refractivity contribution in [1.29, 1.82) is 0 Å². The first kappa shape index (κ1) is 5.76. The zero-order chi connectivity index (χ0) is 5.98. The molecular weight excluding hydrogens is 105 g/mol. The average molecular weight is 115 g/mol. The summed E-state index contributed by atoms with van der Waals surface area (Å²) >= 11 is 0. The molecule has 0 aliphatic carbocycles. The van der Waals surface area contributed by atoms with Gasteiger partial charge in [0, 0.05) is 0 Å². The number of nitrogens with one attached hydrogen (secondary N) is 1. The van der Waals surface area contributed by atoms with E-state index < -0.39 is 0 Å². The third kappa shape index (κ3) is 1.07. The van der Waals surface area contributed by atoms with Gasteiger partial charge in [-0.1, -0.05) is 6.58 Å². The van der Waals surface area contributed by atoms with Crippen LogP contribution in [0.25, 0.3) is 0 Å². The third-order valence-electron chi connectivity index (χ3n) is 1.44. The van der Waals surface area contributed by atoms with Crippen molar-refractivity contribution in [3.63, 3.8) is 0 Å². The van der Waals surface area contributed by atoms with Gasteiger partial charge in [0.1, 0.15) is 5.83 Å². The van der Waals surface area contributed by atoms with Crippen molar-refractivity contribution in [3.8, 4) is 0 Å². The minimum absolute atomic E-state index is 0.0463. The van der Waals surface area contributed by atoms with Crippen LogP contribution in [-0.2, 0) is 0 Å². The van der Waals surface area contributed by atoms with Gasteiger partial charge in [-0.25, -0.2) is 4.39 Å². The summed E-state index contributed by atoms with van der Waals surface area (Å²) in [6.45, 7) is 4.15. The number of halogens is 1. The molecule has 1 atom stereocenters. The van der Waals surface area contributed by atoms with Crippen LogP contribution in [0.5, 0.6) is 0 Å². The lowest BCUT2D eigenvalue weighted by Gasteiger charge is -2.02. The maximum Gasteiger partial charge on any atom is 0.110 e. The zero-order valence-corrected chi connectivity index (χ0v) is 4.78. The van der Waals surface area contributed by atoms with Crippen molar-refractivity contribution in [2.45, 2.75) is 18.9 Å². The molecule has 1 fully saturated rings. The maximum absolute atomic E-state index is 12.1. The Hall–Kier alpha value is -0.370. The van der Waals surface area contributed by atoms with Gasteiger partial charge in [-0.15, -0.1) is 0 Å². The van der Waals surface area contributed by atoms with E-state index >= 15 is 0 Å². The third-order valence-corrected chi connectivity index (χ3v) is 1.44. The molecule has 46 valence electrons. The summed E-state index contributed by atoms with van der Waals surface area (Å²) in [6.07, 6.45) is 1.99. The fourth-order valence-corrected chi connectivity index (χ4v) is 0.952. The van der Waals surface area contributed by atoms with E-state index in [-0.39, 0.29) is 11.9 Å². The molecule has 8 heavy (non-hydrogen) atoms. The van der Waals surface area contributed by atoms with E-state index in [0.717, 1.165) is 19.4 Å². The molecule has 1 rings (SSSR count). The Kier molecular flexibility index (Phi) is 1.63. The summed E-state index contributed by atoms with van der Waals surface area (Å²) in [7, 11) is 0. The Balaban J connectivity index is 2.35. The molecule has 0 spiro atoms. The Morgan fingerprint density at radius 2 is 2.50 bits per heavy atom. The van der Waals surface area contributed by atoms with Gasteiger partial charge in [-0.05, 0) is 19.4 Å². The molecule has 0 aromatic rings. The van der Waals surface area contributed by atoms with E-state index in [0.29, 0.717) is 0 Å². The molecule has 0 aromatic carbocycles. The predicted molar refractivity (Wildman–Crippen MR) is 31.3 cm³/mol. The molecule has 1 aliphatic rings. The minimum Gasteiger partial charge on any atom is -0.308 e. The second-order valence-electron chi connectivity index (χ2n) is 2.10. The van der Waals surface area contributed by atoms with Crippen LogP contribution in [0.1, 0.15) is 12.8 Å². The minimum atomic E-state index is -0.220. The van der Waals surface area contributed by atoms with E-state index in [1.54, 1.807) is 0 Å². The molecular formula is C6H10FN. The van der Waals surface area contributed by atoms with Crippen molar-refractivity contribution in [2.24, 2.45) is 0 Å².